The SMILES string of the molecule is CC[B]C(O)CCC. The van der Waals surface area contributed by atoms with E-state index in [9.17, 15) is 0 Å². The zero-order valence-corrected chi connectivity index (χ0v) is 5.72. The van der Waals surface area contributed by atoms with Crippen molar-refractivity contribution in [2.24, 2.45) is 0 Å². The fourth-order valence-corrected chi connectivity index (χ4v) is 0.686. The molecule has 0 aromatic carbocycles. The van der Waals surface area contributed by atoms with Crippen LogP contribution in [0.4, 0.5) is 0 Å². The average Bonchev–Trinajstić information content (AvgIpc) is 1.68. The van der Waals surface area contributed by atoms with Crippen molar-refractivity contribution in [2.75, 3.05) is 0 Å². The minimum Gasteiger partial charge on any atom is -0.402 e. The third-order valence-electron chi connectivity index (χ3n) is 1.09. The van der Waals surface area contributed by atoms with Crippen LogP contribution in [0.15, 0.2) is 0 Å². The highest BCUT2D eigenvalue weighted by molar-refractivity contribution is 6.36. The molecule has 1 N–H and O–H groups in total. The van der Waals surface area contributed by atoms with Gasteiger partial charge in [-0.3, -0.25) is 0 Å². The molecule has 1 unspecified atom stereocenters. The molecule has 1 atom stereocenters. The Kier molecular flexibility index (Phi) is 5.18. The number of rotatable bonds is 4. The van der Waals surface area contributed by atoms with Gasteiger partial charge in [0.25, 0.3) is 0 Å². The van der Waals surface area contributed by atoms with Gasteiger partial charge in [0.15, 0.2) is 0 Å². The second-order valence-corrected chi connectivity index (χ2v) is 2.00. The molecule has 47 valence electrons. The smallest absolute Gasteiger partial charge is 0.148 e. The standard InChI is InChI=1S/C6H14BO/c1-3-5-6(8)7-4-2/h6,8H,3-5H2,1-2H3. The molecule has 0 saturated heterocycles. The minimum absolute atomic E-state index is 0.162. The Morgan fingerprint density at radius 1 is 1.50 bits per heavy atom. The van der Waals surface area contributed by atoms with Crippen molar-refractivity contribution in [1.29, 1.82) is 0 Å². The molecule has 0 aromatic heterocycles. The van der Waals surface area contributed by atoms with Crippen molar-refractivity contribution < 1.29 is 5.11 Å². The van der Waals surface area contributed by atoms with E-state index in [1.54, 1.807) is 0 Å². The molecule has 8 heavy (non-hydrogen) atoms. The van der Waals surface area contributed by atoms with E-state index in [0.29, 0.717) is 0 Å². The molecule has 0 bridgehead atoms. The summed E-state index contributed by atoms with van der Waals surface area (Å²) in [6.45, 7) is 4.12. The van der Waals surface area contributed by atoms with E-state index < -0.39 is 0 Å². The molecule has 2 heteroatoms. The first-order valence-corrected chi connectivity index (χ1v) is 3.32. The molecule has 1 radical (unpaired) electrons. The monoisotopic (exact) mass is 113 g/mol. The van der Waals surface area contributed by atoms with Crippen LogP contribution in [0.5, 0.6) is 0 Å². The quantitative estimate of drug-likeness (QED) is 0.544. The Labute approximate surface area is 52.3 Å². The minimum atomic E-state index is -0.162. The number of hydrogen-bond donors (Lipinski definition) is 1. The second kappa shape index (κ2) is 5.17. The van der Waals surface area contributed by atoms with Crippen molar-refractivity contribution in [2.45, 2.75) is 39.0 Å². The average molecular weight is 113 g/mol. The van der Waals surface area contributed by atoms with Crippen LogP contribution in [0, 0.1) is 0 Å². The van der Waals surface area contributed by atoms with Crippen molar-refractivity contribution >= 4 is 7.28 Å². The zero-order chi connectivity index (χ0) is 6.41. The summed E-state index contributed by atoms with van der Waals surface area (Å²) in [7, 11) is 1.93. The molecule has 0 fully saturated rings. The molecule has 0 aliphatic rings. The molecule has 0 amide bonds. The summed E-state index contributed by atoms with van der Waals surface area (Å²) in [5, 5.41) is 8.99. The Balaban J connectivity index is 2.92. The van der Waals surface area contributed by atoms with Gasteiger partial charge in [-0.25, -0.2) is 0 Å². The lowest BCUT2D eigenvalue weighted by atomic mass is 9.67. The Morgan fingerprint density at radius 3 is 2.50 bits per heavy atom. The van der Waals surface area contributed by atoms with Gasteiger partial charge in [-0.05, 0) is 6.42 Å². The lowest BCUT2D eigenvalue weighted by Gasteiger charge is -2.03. The number of aliphatic hydroxyl groups excluding tert-OH is 1. The van der Waals surface area contributed by atoms with Crippen LogP contribution < -0.4 is 0 Å². The highest BCUT2D eigenvalue weighted by Crippen LogP contribution is 1.94. The molecule has 0 aliphatic carbocycles. The maximum Gasteiger partial charge on any atom is 0.148 e. The lowest BCUT2D eigenvalue weighted by Crippen LogP contribution is -2.13. The summed E-state index contributed by atoms with van der Waals surface area (Å²) in [4.78, 5) is 0. The predicted octanol–water partition coefficient (Wildman–Crippen LogP) is 1.25. The second-order valence-electron chi connectivity index (χ2n) is 2.00. The van der Waals surface area contributed by atoms with Crippen molar-refractivity contribution in [1.82, 2.24) is 0 Å². The predicted molar refractivity (Wildman–Crippen MR) is 37.1 cm³/mol. The zero-order valence-electron chi connectivity index (χ0n) is 5.72. The van der Waals surface area contributed by atoms with E-state index in [4.69, 9.17) is 5.11 Å². The Morgan fingerprint density at radius 2 is 2.12 bits per heavy atom. The van der Waals surface area contributed by atoms with Gasteiger partial charge >= 0.3 is 0 Å². The molecule has 0 aliphatic heterocycles. The van der Waals surface area contributed by atoms with Crippen molar-refractivity contribution in [3.05, 3.63) is 0 Å². The first-order chi connectivity index (χ1) is 3.81. The van der Waals surface area contributed by atoms with Crippen LogP contribution in [-0.4, -0.2) is 18.4 Å². The van der Waals surface area contributed by atoms with Gasteiger partial charge in [0.2, 0.25) is 0 Å². The van der Waals surface area contributed by atoms with E-state index in [1.807, 2.05) is 14.2 Å². The van der Waals surface area contributed by atoms with Gasteiger partial charge in [-0.2, -0.15) is 0 Å². The van der Waals surface area contributed by atoms with Crippen LogP contribution in [0.1, 0.15) is 26.7 Å². The topological polar surface area (TPSA) is 20.2 Å². The highest BCUT2D eigenvalue weighted by atomic mass is 16.3. The number of hydrogen-bond acceptors (Lipinski definition) is 1. The van der Waals surface area contributed by atoms with Crippen LogP contribution in [-0.2, 0) is 0 Å². The lowest BCUT2D eigenvalue weighted by molar-refractivity contribution is 0.240. The third-order valence-corrected chi connectivity index (χ3v) is 1.09. The third kappa shape index (κ3) is 4.19. The highest BCUT2D eigenvalue weighted by Gasteiger charge is 1.99. The van der Waals surface area contributed by atoms with E-state index in [0.717, 1.165) is 19.2 Å². The van der Waals surface area contributed by atoms with Gasteiger partial charge in [0, 0.05) is 6.00 Å². The summed E-state index contributed by atoms with van der Waals surface area (Å²) < 4.78 is 0. The van der Waals surface area contributed by atoms with Gasteiger partial charge in [-0.1, -0.05) is 26.6 Å². The molecular formula is C6H14BO. The van der Waals surface area contributed by atoms with Crippen LogP contribution in [0.2, 0.25) is 6.32 Å². The largest absolute Gasteiger partial charge is 0.402 e. The van der Waals surface area contributed by atoms with Crippen LogP contribution in [0.3, 0.4) is 0 Å². The molecule has 0 saturated carbocycles. The summed E-state index contributed by atoms with van der Waals surface area (Å²) >= 11 is 0. The van der Waals surface area contributed by atoms with Crippen molar-refractivity contribution in [3.8, 4) is 0 Å². The fourth-order valence-electron chi connectivity index (χ4n) is 0.686. The van der Waals surface area contributed by atoms with Crippen LogP contribution >= 0.6 is 0 Å². The molecule has 0 rings (SSSR count). The summed E-state index contributed by atoms with van der Waals surface area (Å²) in [6, 6.07) is -0.162. The first kappa shape index (κ1) is 8.02. The maximum atomic E-state index is 8.99. The molecule has 0 aromatic rings. The summed E-state index contributed by atoms with van der Waals surface area (Å²) in [6.07, 6.45) is 2.95. The van der Waals surface area contributed by atoms with Gasteiger partial charge in [0.1, 0.15) is 7.28 Å². The van der Waals surface area contributed by atoms with Gasteiger partial charge in [-0.15, -0.1) is 0 Å². The van der Waals surface area contributed by atoms with Crippen molar-refractivity contribution in [3.63, 3.8) is 0 Å². The van der Waals surface area contributed by atoms with E-state index in [1.165, 1.54) is 0 Å². The van der Waals surface area contributed by atoms with Gasteiger partial charge in [0.05, 0.1) is 0 Å². The summed E-state index contributed by atoms with van der Waals surface area (Å²) in [5.41, 5.74) is 0. The van der Waals surface area contributed by atoms with E-state index in [-0.39, 0.29) is 6.00 Å². The Hall–Kier alpha value is 0.0249. The Bertz CT molecular complexity index is 41.8. The van der Waals surface area contributed by atoms with E-state index >= 15 is 0 Å². The molecule has 0 spiro atoms. The van der Waals surface area contributed by atoms with Crippen LogP contribution in [0.25, 0.3) is 0 Å². The summed E-state index contributed by atoms with van der Waals surface area (Å²) in [5.74, 6) is 0. The van der Waals surface area contributed by atoms with Gasteiger partial charge < -0.3 is 5.11 Å². The molecular weight excluding hydrogens is 98.9 g/mol. The van der Waals surface area contributed by atoms with E-state index in [2.05, 4.69) is 6.92 Å². The number of aliphatic hydroxyl groups is 1. The fraction of sp³-hybridized carbons (Fsp3) is 1.00. The normalized spacial score (nSPS) is 13.4. The first-order valence-electron chi connectivity index (χ1n) is 3.32. The maximum absolute atomic E-state index is 8.99. The molecule has 1 nitrogen and oxygen atoms in total. The molecule has 0 heterocycles.